The fraction of sp³-hybridized carbons (Fsp3) is 0.444. The van der Waals surface area contributed by atoms with Gasteiger partial charge in [0.2, 0.25) is 11.8 Å². The van der Waals surface area contributed by atoms with Gasteiger partial charge in [0.25, 0.3) is 0 Å². The van der Waals surface area contributed by atoms with Crippen LogP contribution < -0.4 is 5.32 Å². The van der Waals surface area contributed by atoms with E-state index in [4.69, 9.17) is 4.52 Å². The molecule has 7 heteroatoms. The summed E-state index contributed by atoms with van der Waals surface area (Å²) < 4.78 is 5.13. The van der Waals surface area contributed by atoms with Crippen molar-refractivity contribution in [1.29, 1.82) is 0 Å². The van der Waals surface area contributed by atoms with Crippen LogP contribution in [0.15, 0.2) is 28.8 Å². The summed E-state index contributed by atoms with van der Waals surface area (Å²) in [5.74, 6) is 2.09. The first-order chi connectivity index (χ1) is 12.2. The van der Waals surface area contributed by atoms with Crippen LogP contribution in [0.25, 0.3) is 11.0 Å². The van der Waals surface area contributed by atoms with Crippen molar-refractivity contribution in [1.82, 2.24) is 25.4 Å². The highest BCUT2D eigenvalue weighted by Gasteiger charge is 2.16. The monoisotopic (exact) mass is 341 g/mol. The van der Waals surface area contributed by atoms with Gasteiger partial charge in [-0.2, -0.15) is 4.98 Å². The standard InChI is InChI=1S/C18H23N5O2/c1-3-12(18-20-13-8-5-6-9-14(13)21-18)19-16(24)10-7-11-17-22-15(4-2)23-25-17/h5-6,8-9,12H,3-4,7,10-11H2,1-2H3,(H,19,24)(H,20,21). The van der Waals surface area contributed by atoms with E-state index in [0.29, 0.717) is 31.0 Å². The lowest BCUT2D eigenvalue weighted by Crippen LogP contribution is -2.28. The van der Waals surface area contributed by atoms with Gasteiger partial charge in [-0.3, -0.25) is 4.79 Å². The third-order valence-electron chi connectivity index (χ3n) is 4.10. The van der Waals surface area contributed by atoms with Crippen LogP contribution >= 0.6 is 0 Å². The van der Waals surface area contributed by atoms with Crippen molar-refractivity contribution in [3.05, 3.63) is 41.8 Å². The second kappa shape index (κ2) is 7.92. The first-order valence-corrected chi connectivity index (χ1v) is 8.75. The molecule has 3 aromatic rings. The lowest BCUT2D eigenvalue weighted by atomic mass is 10.2. The Morgan fingerprint density at radius 2 is 2.12 bits per heavy atom. The number of rotatable bonds is 8. The normalized spacial score (nSPS) is 12.4. The summed E-state index contributed by atoms with van der Waals surface area (Å²) in [5, 5.41) is 6.90. The highest BCUT2D eigenvalue weighted by Crippen LogP contribution is 2.18. The molecule has 2 aromatic heterocycles. The smallest absolute Gasteiger partial charge is 0.226 e. The van der Waals surface area contributed by atoms with Gasteiger partial charge < -0.3 is 14.8 Å². The average Bonchev–Trinajstić information content (AvgIpc) is 3.26. The number of aryl methyl sites for hydroxylation is 2. The number of hydrogen-bond donors (Lipinski definition) is 2. The number of amides is 1. The van der Waals surface area contributed by atoms with E-state index in [1.165, 1.54) is 0 Å². The van der Waals surface area contributed by atoms with Crippen LogP contribution in [0, 0.1) is 0 Å². The number of carbonyl (C=O) groups is 1. The number of nitrogens with one attached hydrogen (secondary N) is 2. The van der Waals surface area contributed by atoms with Crippen molar-refractivity contribution in [2.45, 2.75) is 52.0 Å². The van der Waals surface area contributed by atoms with Crippen LogP contribution in [0.5, 0.6) is 0 Å². The molecule has 0 aliphatic rings. The summed E-state index contributed by atoms with van der Waals surface area (Å²) in [6, 6.07) is 7.74. The van der Waals surface area contributed by atoms with Crippen LogP contribution in [0.4, 0.5) is 0 Å². The molecule has 1 aromatic carbocycles. The van der Waals surface area contributed by atoms with Crippen LogP contribution in [0.2, 0.25) is 0 Å². The van der Waals surface area contributed by atoms with Crippen molar-refractivity contribution >= 4 is 16.9 Å². The second-order valence-electron chi connectivity index (χ2n) is 5.98. The first-order valence-electron chi connectivity index (χ1n) is 8.75. The number of nitrogens with zero attached hydrogens (tertiary/aromatic N) is 3. The zero-order valence-electron chi connectivity index (χ0n) is 14.6. The molecule has 0 saturated carbocycles. The van der Waals surface area contributed by atoms with Crippen molar-refractivity contribution in [3.8, 4) is 0 Å². The predicted octanol–water partition coefficient (Wildman–Crippen LogP) is 3.10. The molecule has 0 aliphatic heterocycles. The zero-order chi connectivity index (χ0) is 17.6. The highest BCUT2D eigenvalue weighted by molar-refractivity contribution is 5.77. The average molecular weight is 341 g/mol. The molecule has 0 spiro atoms. The van der Waals surface area contributed by atoms with E-state index in [1.54, 1.807) is 0 Å². The van der Waals surface area contributed by atoms with E-state index < -0.39 is 0 Å². The molecule has 0 aliphatic carbocycles. The van der Waals surface area contributed by atoms with Crippen molar-refractivity contribution in [2.24, 2.45) is 0 Å². The third kappa shape index (κ3) is 4.23. The van der Waals surface area contributed by atoms with Crippen molar-refractivity contribution in [2.75, 3.05) is 0 Å². The molecule has 0 fully saturated rings. The number of H-pyrrole nitrogens is 1. The van der Waals surface area contributed by atoms with Crippen LogP contribution in [-0.2, 0) is 17.6 Å². The number of imidazole rings is 1. The molecule has 1 unspecified atom stereocenters. The molecular formula is C18H23N5O2. The summed E-state index contributed by atoms with van der Waals surface area (Å²) >= 11 is 0. The van der Waals surface area contributed by atoms with E-state index in [0.717, 1.165) is 29.7 Å². The Morgan fingerprint density at radius 1 is 1.28 bits per heavy atom. The summed E-state index contributed by atoms with van der Waals surface area (Å²) in [5.41, 5.74) is 1.89. The SMILES string of the molecule is CCc1noc(CCCC(=O)NC(CC)c2nc3ccccc3[nH]2)n1. The molecule has 3 rings (SSSR count). The minimum atomic E-state index is -0.116. The number of hydrogen-bond acceptors (Lipinski definition) is 5. The molecule has 1 atom stereocenters. The molecule has 0 radical (unpaired) electrons. The van der Waals surface area contributed by atoms with E-state index in [1.807, 2.05) is 38.1 Å². The Hall–Kier alpha value is -2.70. The van der Waals surface area contributed by atoms with Gasteiger partial charge in [-0.1, -0.05) is 31.1 Å². The molecule has 0 saturated heterocycles. The Morgan fingerprint density at radius 3 is 2.84 bits per heavy atom. The largest absolute Gasteiger partial charge is 0.346 e. The molecule has 7 nitrogen and oxygen atoms in total. The van der Waals surface area contributed by atoms with Crippen molar-refractivity contribution in [3.63, 3.8) is 0 Å². The molecular weight excluding hydrogens is 318 g/mol. The Balaban J connectivity index is 1.53. The van der Waals surface area contributed by atoms with Gasteiger partial charge in [-0.15, -0.1) is 0 Å². The molecule has 1 amide bonds. The number of para-hydroxylation sites is 2. The lowest BCUT2D eigenvalue weighted by molar-refractivity contribution is -0.122. The van der Waals surface area contributed by atoms with Gasteiger partial charge in [0.1, 0.15) is 5.82 Å². The number of benzene rings is 1. The number of aromatic amines is 1. The maximum absolute atomic E-state index is 12.2. The van der Waals surface area contributed by atoms with Gasteiger partial charge in [0.05, 0.1) is 17.1 Å². The zero-order valence-corrected chi connectivity index (χ0v) is 14.6. The minimum Gasteiger partial charge on any atom is -0.346 e. The molecule has 2 N–H and O–H groups in total. The van der Waals surface area contributed by atoms with Crippen molar-refractivity contribution < 1.29 is 9.32 Å². The maximum atomic E-state index is 12.2. The van der Waals surface area contributed by atoms with E-state index in [-0.39, 0.29) is 11.9 Å². The fourth-order valence-corrected chi connectivity index (χ4v) is 2.70. The van der Waals surface area contributed by atoms with Gasteiger partial charge >= 0.3 is 0 Å². The number of fused-ring (bicyclic) bond motifs is 1. The van der Waals surface area contributed by atoms with E-state index in [9.17, 15) is 4.79 Å². The first kappa shape index (κ1) is 17.1. The van der Waals surface area contributed by atoms with Crippen LogP contribution in [0.1, 0.15) is 56.7 Å². The second-order valence-corrected chi connectivity index (χ2v) is 5.98. The predicted molar refractivity (Wildman–Crippen MR) is 93.9 cm³/mol. The maximum Gasteiger partial charge on any atom is 0.226 e. The van der Waals surface area contributed by atoms with E-state index in [2.05, 4.69) is 25.4 Å². The summed E-state index contributed by atoms with van der Waals surface area (Å²) in [7, 11) is 0. The lowest BCUT2D eigenvalue weighted by Gasteiger charge is -2.14. The molecule has 0 bridgehead atoms. The minimum absolute atomic E-state index is 0.00235. The topological polar surface area (TPSA) is 96.7 Å². The molecule has 2 heterocycles. The van der Waals surface area contributed by atoms with Crippen LogP contribution in [-0.4, -0.2) is 26.0 Å². The highest BCUT2D eigenvalue weighted by atomic mass is 16.5. The van der Waals surface area contributed by atoms with E-state index >= 15 is 0 Å². The van der Waals surface area contributed by atoms with Gasteiger partial charge in [-0.25, -0.2) is 4.98 Å². The van der Waals surface area contributed by atoms with Gasteiger partial charge in [0, 0.05) is 19.3 Å². The Kier molecular flexibility index (Phi) is 5.42. The number of aromatic nitrogens is 4. The van der Waals surface area contributed by atoms with Gasteiger partial charge in [0.15, 0.2) is 5.82 Å². The summed E-state index contributed by atoms with van der Waals surface area (Å²) in [6.45, 7) is 4.01. The Bertz CT molecular complexity index is 806. The third-order valence-corrected chi connectivity index (χ3v) is 4.10. The summed E-state index contributed by atoms with van der Waals surface area (Å²) in [6.07, 6.45) is 3.23. The summed E-state index contributed by atoms with van der Waals surface area (Å²) in [4.78, 5) is 24.3. The van der Waals surface area contributed by atoms with Gasteiger partial charge in [-0.05, 0) is 25.0 Å². The molecule has 25 heavy (non-hydrogen) atoms. The fourth-order valence-electron chi connectivity index (χ4n) is 2.70. The quantitative estimate of drug-likeness (QED) is 0.656. The molecule has 132 valence electrons. The Labute approximate surface area is 146 Å². The number of carbonyl (C=O) groups excluding carboxylic acids is 1. The van der Waals surface area contributed by atoms with Crippen LogP contribution in [0.3, 0.4) is 0 Å².